The highest BCUT2D eigenvalue weighted by Crippen LogP contribution is 2.30. The first-order valence-corrected chi connectivity index (χ1v) is 5.30. The fraction of sp³-hybridized carbons (Fsp3) is 0. The van der Waals surface area contributed by atoms with Crippen LogP contribution in [0.15, 0.2) is 36.4 Å². The van der Waals surface area contributed by atoms with Crippen LogP contribution < -0.4 is 5.73 Å². The normalized spacial score (nSPS) is 10.2. The van der Waals surface area contributed by atoms with Gasteiger partial charge in [-0.2, -0.15) is 0 Å². The number of benzene rings is 2. The number of carbonyl (C=O) groups is 1. The molecule has 2 aromatic rings. The number of nitrogens with two attached hydrogens (primary N) is 1. The van der Waals surface area contributed by atoms with Crippen molar-refractivity contribution in [1.29, 1.82) is 0 Å². The summed E-state index contributed by atoms with van der Waals surface area (Å²) in [7, 11) is 0. The highest BCUT2D eigenvalue weighted by atomic mass is 35.5. The lowest BCUT2D eigenvalue weighted by Gasteiger charge is -2.06. The van der Waals surface area contributed by atoms with E-state index >= 15 is 0 Å². The Hall–Kier alpha value is -1.87. The Labute approximate surface area is 103 Å². The summed E-state index contributed by atoms with van der Waals surface area (Å²) >= 11 is 5.72. The zero-order valence-corrected chi connectivity index (χ0v) is 9.54. The number of halogens is 2. The van der Waals surface area contributed by atoms with Crippen LogP contribution in [0, 0.1) is 5.82 Å². The third-order valence-corrected chi connectivity index (χ3v) is 2.68. The summed E-state index contributed by atoms with van der Waals surface area (Å²) in [4.78, 5) is 10.5. The van der Waals surface area contributed by atoms with Gasteiger partial charge in [0.2, 0.25) is 0 Å². The SMILES string of the molecule is Nc1cc(Cl)c(F)c(-c2ccc(C=O)cc2)c1. The van der Waals surface area contributed by atoms with Crippen molar-refractivity contribution >= 4 is 23.6 Å². The zero-order valence-electron chi connectivity index (χ0n) is 8.78. The molecule has 0 amide bonds. The largest absolute Gasteiger partial charge is 0.399 e. The van der Waals surface area contributed by atoms with Crippen LogP contribution in [0.4, 0.5) is 10.1 Å². The summed E-state index contributed by atoms with van der Waals surface area (Å²) in [6.07, 6.45) is 0.729. The highest BCUT2D eigenvalue weighted by molar-refractivity contribution is 6.31. The summed E-state index contributed by atoms with van der Waals surface area (Å²) in [5, 5.41) is -0.0144. The molecular formula is C13H9ClFNO. The maximum Gasteiger partial charge on any atom is 0.150 e. The lowest BCUT2D eigenvalue weighted by atomic mass is 10.0. The molecule has 0 saturated heterocycles. The lowest BCUT2D eigenvalue weighted by molar-refractivity contribution is 0.112. The number of carbonyl (C=O) groups excluding carboxylic acids is 1. The average Bonchev–Trinajstić information content (AvgIpc) is 2.34. The number of aldehydes is 1. The van der Waals surface area contributed by atoms with Crippen LogP contribution in [-0.4, -0.2) is 6.29 Å². The van der Waals surface area contributed by atoms with Crippen LogP contribution in [0.5, 0.6) is 0 Å². The maximum absolute atomic E-state index is 13.8. The number of rotatable bonds is 2. The van der Waals surface area contributed by atoms with Crippen molar-refractivity contribution < 1.29 is 9.18 Å². The first-order chi connectivity index (χ1) is 8.11. The van der Waals surface area contributed by atoms with E-state index in [0.29, 0.717) is 22.4 Å². The predicted octanol–water partition coefficient (Wildman–Crippen LogP) is 3.54. The summed E-state index contributed by atoms with van der Waals surface area (Å²) < 4.78 is 13.8. The van der Waals surface area contributed by atoms with Crippen LogP contribution in [0.2, 0.25) is 5.02 Å². The highest BCUT2D eigenvalue weighted by Gasteiger charge is 2.10. The molecule has 0 fully saturated rings. The Morgan fingerprint density at radius 3 is 2.41 bits per heavy atom. The quantitative estimate of drug-likeness (QED) is 0.653. The Morgan fingerprint density at radius 2 is 1.82 bits per heavy atom. The molecule has 2 nitrogen and oxygen atoms in total. The molecule has 0 bridgehead atoms. The minimum absolute atomic E-state index is 0.0144. The van der Waals surface area contributed by atoms with Gasteiger partial charge in [0.15, 0.2) is 0 Å². The molecule has 0 aliphatic rings. The fourth-order valence-electron chi connectivity index (χ4n) is 1.56. The van der Waals surface area contributed by atoms with Gasteiger partial charge < -0.3 is 5.73 Å². The second-order valence-electron chi connectivity index (χ2n) is 3.60. The van der Waals surface area contributed by atoms with E-state index in [1.54, 1.807) is 24.3 Å². The van der Waals surface area contributed by atoms with Crippen molar-refractivity contribution in [3.05, 3.63) is 52.8 Å². The third kappa shape index (κ3) is 2.29. The van der Waals surface area contributed by atoms with Crippen molar-refractivity contribution in [2.45, 2.75) is 0 Å². The van der Waals surface area contributed by atoms with Crippen molar-refractivity contribution in [3.8, 4) is 11.1 Å². The fourth-order valence-corrected chi connectivity index (χ4v) is 1.79. The number of nitrogen functional groups attached to an aromatic ring is 1. The molecule has 0 aromatic heterocycles. The monoisotopic (exact) mass is 249 g/mol. The van der Waals surface area contributed by atoms with Gasteiger partial charge >= 0.3 is 0 Å². The van der Waals surface area contributed by atoms with E-state index in [-0.39, 0.29) is 5.02 Å². The van der Waals surface area contributed by atoms with E-state index < -0.39 is 5.82 Å². The van der Waals surface area contributed by atoms with E-state index in [4.69, 9.17) is 17.3 Å². The van der Waals surface area contributed by atoms with Gasteiger partial charge in [0.1, 0.15) is 12.1 Å². The molecule has 0 aliphatic carbocycles. The summed E-state index contributed by atoms with van der Waals surface area (Å²) in [5.41, 5.74) is 7.49. The van der Waals surface area contributed by atoms with Crippen molar-refractivity contribution in [2.75, 3.05) is 5.73 Å². The predicted molar refractivity (Wildman–Crippen MR) is 66.6 cm³/mol. The molecule has 0 aliphatic heterocycles. The number of anilines is 1. The molecule has 0 heterocycles. The lowest BCUT2D eigenvalue weighted by Crippen LogP contribution is -1.91. The third-order valence-electron chi connectivity index (χ3n) is 2.41. The Morgan fingerprint density at radius 1 is 1.18 bits per heavy atom. The van der Waals surface area contributed by atoms with Gasteiger partial charge in [0.25, 0.3) is 0 Å². The standard InChI is InChI=1S/C13H9ClFNO/c14-12-6-10(16)5-11(13(12)15)9-3-1-8(7-17)2-4-9/h1-7H,16H2. The molecule has 2 N–H and O–H groups in total. The van der Waals surface area contributed by atoms with Crippen molar-refractivity contribution in [1.82, 2.24) is 0 Å². The molecular weight excluding hydrogens is 241 g/mol. The van der Waals surface area contributed by atoms with Gasteiger partial charge in [0.05, 0.1) is 5.02 Å². The summed E-state index contributed by atoms with van der Waals surface area (Å²) in [6, 6.07) is 9.39. The first-order valence-electron chi connectivity index (χ1n) is 4.92. The van der Waals surface area contributed by atoms with Crippen LogP contribution in [-0.2, 0) is 0 Å². The maximum atomic E-state index is 13.8. The van der Waals surface area contributed by atoms with E-state index in [1.165, 1.54) is 12.1 Å². The molecule has 17 heavy (non-hydrogen) atoms. The van der Waals surface area contributed by atoms with E-state index in [0.717, 1.165) is 6.29 Å². The minimum Gasteiger partial charge on any atom is -0.399 e. The van der Waals surface area contributed by atoms with Crippen LogP contribution in [0.25, 0.3) is 11.1 Å². The van der Waals surface area contributed by atoms with Crippen LogP contribution >= 0.6 is 11.6 Å². The number of hydrogen-bond donors (Lipinski definition) is 1. The molecule has 2 aromatic carbocycles. The Kier molecular flexibility index (Phi) is 3.11. The zero-order chi connectivity index (χ0) is 12.4. The van der Waals surface area contributed by atoms with Gasteiger partial charge in [-0.05, 0) is 17.7 Å². The first kappa shape index (κ1) is 11.6. The van der Waals surface area contributed by atoms with Gasteiger partial charge in [-0.3, -0.25) is 4.79 Å². The topological polar surface area (TPSA) is 43.1 Å². The molecule has 0 radical (unpaired) electrons. The van der Waals surface area contributed by atoms with Crippen molar-refractivity contribution in [2.24, 2.45) is 0 Å². The second kappa shape index (κ2) is 4.55. The minimum atomic E-state index is -0.514. The van der Waals surface area contributed by atoms with E-state index in [1.807, 2.05) is 0 Å². The van der Waals surface area contributed by atoms with E-state index in [2.05, 4.69) is 0 Å². The smallest absolute Gasteiger partial charge is 0.150 e. The Bertz CT molecular complexity index is 566. The average molecular weight is 250 g/mol. The van der Waals surface area contributed by atoms with Crippen LogP contribution in [0.3, 0.4) is 0 Å². The molecule has 0 spiro atoms. The molecule has 0 atom stereocenters. The van der Waals surface area contributed by atoms with E-state index in [9.17, 15) is 9.18 Å². The molecule has 4 heteroatoms. The molecule has 2 rings (SSSR count). The van der Waals surface area contributed by atoms with Gasteiger partial charge in [-0.25, -0.2) is 4.39 Å². The molecule has 86 valence electrons. The van der Waals surface area contributed by atoms with Crippen LogP contribution in [0.1, 0.15) is 10.4 Å². The molecule has 0 saturated carbocycles. The van der Waals surface area contributed by atoms with Gasteiger partial charge in [-0.15, -0.1) is 0 Å². The summed E-state index contributed by atoms with van der Waals surface area (Å²) in [5.74, 6) is -0.514. The van der Waals surface area contributed by atoms with Crippen molar-refractivity contribution in [3.63, 3.8) is 0 Å². The number of hydrogen-bond acceptors (Lipinski definition) is 2. The van der Waals surface area contributed by atoms with Gasteiger partial charge in [0, 0.05) is 16.8 Å². The summed E-state index contributed by atoms with van der Waals surface area (Å²) in [6.45, 7) is 0. The van der Waals surface area contributed by atoms with Gasteiger partial charge in [-0.1, -0.05) is 35.9 Å². The second-order valence-corrected chi connectivity index (χ2v) is 4.01. The Balaban J connectivity index is 2.55. The molecule has 0 unspecified atom stereocenters.